The van der Waals surface area contributed by atoms with Gasteiger partial charge in [-0.15, -0.1) is 0 Å². The molecule has 0 fully saturated rings. The predicted molar refractivity (Wildman–Crippen MR) is 92.5 cm³/mol. The Morgan fingerprint density at radius 3 is 1.95 bits per heavy atom. The molecule has 0 atom stereocenters. The van der Waals surface area contributed by atoms with Crippen LogP contribution in [0.3, 0.4) is 0 Å². The SMILES string of the molecule is CC1=C(C)C(c2ccccc2CNC(C)(C)C)C(C)=C1C. The normalized spacial score (nSPS) is 17.1. The van der Waals surface area contributed by atoms with Crippen molar-refractivity contribution >= 4 is 0 Å². The van der Waals surface area contributed by atoms with Crippen LogP contribution < -0.4 is 5.32 Å². The summed E-state index contributed by atoms with van der Waals surface area (Å²) < 4.78 is 0. The summed E-state index contributed by atoms with van der Waals surface area (Å²) >= 11 is 0. The average Bonchev–Trinajstić information content (AvgIpc) is 2.61. The predicted octanol–water partition coefficient (Wildman–Crippen LogP) is 5.34. The number of hydrogen-bond acceptors (Lipinski definition) is 1. The second-order valence-corrected chi connectivity index (χ2v) is 7.35. The van der Waals surface area contributed by atoms with Gasteiger partial charge < -0.3 is 5.32 Å². The standard InChI is InChI=1S/C20H29N/c1-13-14(2)16(4)19(15(13)3)18-11-9-8-10-17(18)12-21-20(5,6)7/h8-11,19,21H,12H2,1-7H3. The summed E-state index contributed by atoms with van der Waals surface area (Å²) in [6.45, 7) is 16.7. The van der Waals surface area contributed by atoms with Crippen molar-refractivity contribution in [1.82, 2.24) is 5.32 Å². The number of nitrogens with one attached hydrogen (secondary N) is 1. The third-order valence-electron chi connectivity index (χ3n) is 4.79. The quantitative estimate of drug-likeness (QED) is 0.789. The molecule has 1 aromatic carbocycles. The summed E-state index contributed by atoms with van der Waals surface area (Å²) in [5.41, 5.74) is 8.97. The van der Waals surface area contributed by atoms with Gasteiger partial charge in [0.05, 0.1) is 0 Å². The Hall–Kier alpha value is -1.34. The minimum atomic E-state index is 0.143. The fourth-order valence-corrected chi connectivity index (χ4v) is 3.15. The van der Waals surface area contributed by atoms with Gasteiger partial charge in [0, 0.05) is 18.0 Å². The third-order valence-corrected chi connectivity index (χ3v) is 4.79. The monoisotopic (exact) mass is 283 g/mol. The van der Waals surface area contributed by atoms with Crippen LogP contribution in [0.1, 0.15) is 65.5 Å². The molecule has 0 bridgehead atoms. The van der Waals surface area contributed by atoms with Crippen LogP contribution in [-0.2, 0) is 6.54 Å². The van der Waals surface area contributed by atoms with E-state index in [0.29, 0.717) is 5.92 Å². The lowest BCUT2D eigenvalue weighted by Gasteiger charge is -2.24. The van der Waals surface area contributed by atoms with Crippen molar-refractivity contribution < 1.29 is 0 Å². The maximum Gasteiger partial charge on any atom is 0.0267 e. The minimum absolute atomic E-state index is 0.143. The first-order valence-corrected chi connectivity index (χ1v) is 7.90. The lowest BCUT2D eigenvalue weighted by Crippen LogP contribution is -2.35. The molecule has 1 aromatic rings. The molecule has 0 heterocycles. The highest BCUT2D eigenvalue weighted by atomic mass is 14.9. The zero-order valence-corrected chi connectivity index (χ0v) is 14.6. The fraction of sp³-hybridized carbons (Fsp3) is 0.500. The summed E-state index contributed by atoms with van der Waals surface area (Å²) in [7, 11) is 0. The molecule has 2 rings (SSSR count). The van der Waals surface area contributed by atoms with E-state index in [2.05, 4.69) is 78.0 Å². The molecule has 0 saturated carbocycles. The van der Waals surface area contributed by atoms with E-state index in [1.165, 1.54) is 33.4 Å². The lowest BCUT2D eigenvalue weighted by atomic mass is 9.86. The van der Waals surface area contributed by atoms with Gasteiger partial charge in [-0.2, -0.15) is 0 Å². The van der Waals surface area contributed by atoms with Gasteiger partial charge in [-0.1, -0.05) is 35.4 Å². The molecule has 0 unspecified atom stereocenters. The lowest BCUT2D eigenvalue weighted by molar-refractivity contribution is 0.423. The molecular formula is C20H29N. The van der Waals surface area contributed by atoms with Gasteiger partial charge in [0.2, 0.25) is 0 Å². The molecular weight excluding hydrogens is 254 g/mol. The first-order chi connectivity index (χ1) is 9.72. The van der Waals surface area contributed by atoms with E-state index >= 15 is 0 Å². The van der Waals surface area contributed by atoms with Crippen molar-refractivity contribution in [2.24, 2.45) is 0 Å². The number of benzene rings is 1. The maximum absolute atomic E-state index is 3.62. The van der Waals surface area contributed by atoms with E-state index in [9.17, 15) is 0 Å². The molecule has 0 spiro atoms. The Morgan fingerprint density at radius 2 is 1.43 bits per heavy atom. The van der Waals surface area contributed by atoms with Crippen molar-refractivity contribution in [2.75, 3.05) is 0 Å². The van der Waals surface area contributed by atoms with Gasteiger partial charge in [0.15, 0.2) is 0 Å². The van der Waals surface area contributed by atoms with Crippen molar-refractivity contribution in [3.8, 4) is 0 Å². The topological polar surface area (TPSA) is 12.0 Å². The highest BCUT2D eigenvalue weighted by Crippen LogP contribution is 2.44. The molecule has 21 heavy (non-hydrogen) atoms. The summed E-state index contributed by atoms with van der Waals surface area (Å²) in [5, 5.41) is 3.62. The van der Waals surface area contributed by atoms with Gasteiger partial charge in [-0.3, -0.25) is 0 Å². The van der Waals surface area contributed by atoms with Gasteiger partial charge in [-0.25, -0.2) is 0 Å². The third kappa shape index (κ3) is 3.29. The highest BCUT2D eigenvalue weighted by molar-refractivity contribution is 5.55. The second kappa shape index (κ2) is 5.81. The number of allylic oxidation sites excluding steroid dienone is 4. The summed E-state index contributed by atoms with van der Waals surface area (Å²) in [6, 6.07) is 8.87. The largest absolute Gasteiger partial charge is 0.308 e. The fourth-order valence-electron chi connectivity index (χ4n) is 3.15. The Labute approximate surface area is 130 Å². The smallest absolute Gasteiger partial charge is 0.0267 e. The van der Waals surface area contributed by atoms with Crippen LogP contribution in [0.15, 0.2) is 46.6 Å². The first kappa shape index (κ1) is 16.0. The van der Waals surface area contributed by atoms with Crippen molar-refractivity contribution in [2.45, 2.75) is 66.5 Å². The van der Waals surface area contributed by atoms with Crippen LogP contribution in [0.25, 0.3) is 0 Å². The van der Waals surface area contributed by atoms with Crippen LogP contribution in [0.4, 0.5) is 0 Å². The molecule has 1 aliphatic carbocycles. The Kier molecular flexibility index (Phi) is 4.43. The Bertz CT molecular complexity index is 573. The zero-order chi connectivity index (χ0) is 15.8. The van der Waals surface area contributed by atoms with E-state index in [1.807, 2.05) is 0 Å². The summed E-state index contributed by atoms with van der Waals surface area (Å²) in [4.78, 5) is 0. The van der Waals surface area contributed by atoms with Crippen LogP contribution in [-0.4, -0.2) is 5.54 Å². The molecule has 0 radical (unpaired) electrons. The van der Waals surface area contributed by atoms with Crippen molar-refractivity contribution in [3.63, 3.8) is 0 Å². The van der Waals surface area contributed by atoms with Crippen LogP contribution >= 0.6 is 0 Å². The highest BCUT2D eigenvalue weighted by Gasteiger charge is 2.27. The molecule has 0 amide bonds. The van der Waals surface area contributed by atoms with E-state index < -0.39 is 0 Å². The number of rotatable bonds is 3. The first-order valence-electron chi connectivity index (χ1n) is 7.90. The molecule has 1 N–H and O–H groups in total. The second-order valence-electron chi connectivity index (χ2n) is 7.35. The Morgan fingerprint density at radius 1 is 0.905 bits per heavy atom. The van der Waals surface area contributed by atoms with E-state index in [1.54, 1.807) is 0 Å². The van der Waals surface area contributed by atoms with Gasteiger partial charge >= 0.3 is 0 Å². The summed E-state index contributed by atoms with van der Waals surface area (Å²) in [6.07, 6.45) is 0. The zero-order valence-electron chi connectivity index (χ0n) is 14.6. The molecule has 114 valence electrons. The molecule has 1 heteroatoms. The van der Waals surface area contributed by atoms with Crippen molar-refractivity contribution in [3.05, 3.63) is 57.7 Å². The average molecular weight is 283 g/mol. The van der Waals surface area contributed by atoms with Crippen LogP contribution in [0, 0.1) is 0 Å². The number of hydrogen-bond donors (Lipinski definition) is 1. The molecule has 0 aliphatic heterocycles. The molecule has 1 aliphatic rings. The van der Waals surface area contributed by atoms with E-state index in [4.69, 9.17) is 0 Å². The minimum Gasteiger partial charge on any atom is -0.308 e. The Balaban J connectivity index is 2.38. The van der Waals surface area contributed by atoms with Crippen LogP contribution in [0.2, 0.25) is 0 Å². The van der Waals surface area contributed by atoms with Gasteiger partial charge in [0.1, 0.15) is 0 Å². The molecule has 0 saturated heterocycles. The van der Waals surface area contributed by atoms with Gasteiger partial charge in [-0.05, 0) is 70.7 Å². The van der Waals surface area contributed by atoms with E-state index in [0.717, 1.165) is 6.54 Å². The summed E-state index contributed by atoms with van der Waals surface area (Å²) in [5.74, 6) is 0.461. The maximum atomic E-state index is 3.62. The molecule has 1 nitrogen and oxygen atoms in total. The van der Waals surface area contributed by atoms with Gasteiger partial charge in [0.25, 0.3) is 0 Å². The van der Waals surface area contributed by atoms with E-state index in [-0.39, 0.29) is 5.54 Å². The molecule has 0 aromatic heterocycles. The van der Waals surface area contributed by atoms with Crippen LogP contribution in [0.5, 0.6) is 0 Å². The van der Waals surface area contributed by atoms with Crippen molar-refractivity contribution in [1.29, 1.82) is 0 Å².